The third-order valence-corrected chi connectivity index (χ3v) is 6.74. The number of phenols is 1. The van der Waals surface area contributed by atoms with Crippen LogP contribution in [-0.2, 0) is 11.2 Å². The minimum absolute atomic E-state index is 0.0132. The zero-order chi connectivity index (χ0) is 25.2. The van der Waals surface area contributed by atoms with Crippen LogP contribution in [-0.4, -0.2) is 44.9 Å². The summed E-state index contributed by atoms with van der Waals surface area (Å²) in [6.07, 6.45) is 4.12. The number of carbonyl (C=O) groups excluding carboxylic acids is 2. The van der Waals surface area contributed by atoms with Gasteiger partial charge in [-0.2, -0.15) is 0 Å². The fourth-order valence-electron chi connectivity index (χ4n) is 5.13. The average molecular weight is 494 g/mol. The third-order valence-electron chi connectivity index (χ3n) is 6.74. The van der Waals surface area contributed by atoms with Gasteiger partial charge in [0, 0.05) is 18.1 Å². The lowest BCUT2D eigenvalue weighted by Crippen LogP contribution is -2.52. The second-order valence-electron chi connectivity index (χ2n) is 9.23. The molecule has 2 amide bonds. The summed E-state index contributed by atoms with van der Waals surface area (Å²) in [4.78, 5) is 32.0. The highest BCUT2D eigenvalue weighted by Gasteiger charge is 2.43. The van der Waals surface area contributed by atoms with Crippen LogP contribution in [0.15, 0.2) is 60.8 Å². The van der Waals surface area contributed by atoms with Crippen molar-refractivity contribution in [1.82, 2.24) is 15.2 Å². The quantitative estimate of drug-likeness (QED) is 0.533. The van der Waals surface area contributed by atoms with Gasteiger partial charge in [0.15, 0.2) is 0 Å². The van der Waals surface area contributed by atoms with E-state index in [1.165, 1.54) is 24.3 Å². The van der Waals surface area contributed by atoms with Gasteiger partial charge in [-0.3, -0.25) is 9.59 Å². The number of ether oxygens (including phenoxy) is 1. The van der Waals surface area contributed by atoms with Crippen LogP contribution in [0.2, 0.25) is 0 Å². The Morgan fingerprint density at radius 3 is 2.33 bits per heavy atom. The Balaban J connectivity index is 1.25. The van der Waals surface area contributed by atoms with Crippen molar-refractivity contribution in [2.75, 3.05) is 0 Å². The van der Waals surface area contributed by atoms with Gasteiger partial charge in [0.05, 0.1) is 12.6 Å². The monoisotopic (exact) mass is 493 g/mol. The van der Waals surface area contributed by atoms with Crippen LogP contribution in [0.3, 0.4) is 0 Å². The maximum Gasteiger partial charge on any atom is 0.257 e. The summed E-state index contributed by atoms with van der Waals surface area (Å²) in [5, 5.41) is 12.4. The van der Waals surface area contributed by atoms with Crippen molar-refractivity contribution in [1.29, 1.82) is 0 Å². The molecule has 1 aromatic heterocycles. The Labute approximate surface area is 206 Å². The Morgan fingerprint density at radius 2 is 1.67 bits per heavy atom. The molecule has 0 spiro atoms. The molecule has 2 aliphatic rings. The van der Waals surface area contributed by atoms with Gasteiger partial charge in [-0.1, -0.05) is 12.1 Å². The highest BCUT2D eigenvalue weighted by atomic mass is 19.1. The second kappa shape index (κ2) is 9.93. The highest BCUT2D eigenvalue weighted by molar-refractivity contribution is 5.96. The highest BCUT2D eigenvalue weighted by Crippen LogP contribution is 2.36. The van der Waals surface area contributed by atoms with Crippen LogP contribution in [0.1, 0.15) is 41.6 Å². The number of nitrogens with one attached hydrogen (secondary N) is 1. The van der Waals surface area contributed by atoms with Gasteiger partial charge < -0.3 is 20.1 Å². The fourth-order valence-corrected chi connectivity index (χ4v) is 5.13. The first kappa shape index (κ1) is 23.7. The molecule has 186 valence electrons. The molecule has 2 bridgehead atoms. The standard InChI is InChI=1S/C27H25F2N3O4/c28-17-3-9-23(10-4-17)36-27-24(12-18(29)15-30-27)26(35)31-19-13-20-5-6-21(14-19)32(20)25(34)11-16-1-7-22(33)8-2-16/h1-4,7-10,12,15,19-21,33H,5-6,11,13-14H2,(H,31,35)/t19?,20-,21?/m1/s1. The maximum absolute atomic E-state index is 13.9. The minimum atomic E-state index is -0.679. The number of carbonyl (C=O) groups is 2. The number of hydrogen-bond acceptors (Lipinski definition) is 5. The molecule has 9 heteroatoms. The van der Waals surface area contributed by atoms with Gasteiger partial charge in [0.25, 0.3) is 5.91 Å². The lowest BCUT2D eigenvalue weighted by Gasteiger charge is -2.39. The molecule has 2 saturated heterocycles. The molecule has 2 aliphatic heterocycles. The van der Waals surface area contributed by atoms with E-state index >= 15 is 0 Å². The first-order chi connectivity index (χ1) is 17.4. The first-order valence-corrected chi connectivity index (χ1v) is 11.8. The van der Waals surface area contributed by atoms with Crippen LogP contribution in [0, 0.1) is 11.6 Å². The van der Waals surface area contributed by atoms with Crippen molar-refractivity contribution in [3.05, 3.63) is 83.6 Å². The van der Waals surface area contributed by atoms with Crippen LogP contribution in [0.25, 0.3) is 0 Å². The van der Waals surface area contributed by atoms with Crippen molar-refractivity contribution in [2.24, 2.45) is 0 Å². The summed E-state index contributed by atoms with van der Waals surface area (Å²) in [5.74, 6) is -1.26. The zero-order valence-electron chi connectivity index (χ0n) is 19.4. The van der Waals surface area contributed by atoms with Crippen molar-refractivity contribution in [2.45, 2.75) is 50.2 Å². The van der Waals surface area contributed by atoms with Crippen molar-refractivity contribution in [3.63, 3.8) is 0 Å². The molecule has 0 radical (unpaired) electrons. The molecule has 3 aromatic rings. The van der Waals surface area contributed by atoms with E-state index in [2.05, 4.69) is 10.3 Å². The summed E-state index contributed by atoms with van der Waals surface area (Å²) < 4.78 is 32.8. The molecule has 7 nitrogen and oxygen atoms in total. The fraction of sp³-hybridized carbons (Fsp3) is 0.296. The topological polar surface area (TPSA) is 91.8 Å². The molecule has 2 aromatic carbocycles. The number of aromatic hydroxyl groups is 1. The largest absolute Gasteiger partial charge is 0.508 e. The van der Waals surface area contributed by atoms with Crippen LogP contribution in [0.5, 0.6) is 17.4 Å². The molecule has 2 fully saturated rings. The van der Waals surface area contributed by atoms with Gasteiger partial charge >= 0.3 is 0 Å². The SMILES string of the molecule is O=C(NC1CC2CC[C@H](C1)N2C(=O)Cc1ccc(O)cc1)c1cc(F)cnc1Oc1ccc(F)cc1. The smallest absolute Gasteiger partial charge is 0.257 e. The first-order valence-electron chi connectivity index (χ1n) is 11.8. The summed E-state index contributed by atoms with van der Waals surface area (Å²) in [5.41, 5.74) is 0.775. The number of phenolic OH excluding ortho intramolecular Hbond substituents is 1. The molecular formula is C27H25F2N3O4. The number of benzene rings is 2. The molecule has 5 rings (SSSR count). The lowest BCUT2D eigenvalue weighted by atomic mass is 9.96. The van der Waals surface area contributed by atoms with Crippen molar-refractivity contribution in [3.8, 4) is 17.4 Å². The van der Waals surface area contributed by atoms with E-state index in [9.17, 15) is 23.5 Å². The second-order valence-corrected chi connectivity index (χ2v) is 9.23. The van der Waals surface area contributed by atoms with E-state index in [1.54, 1.807) is 24.3 Å². The van der Waals surface area contributed by atoms with E-state index < -0.39 is 17.5 Å². The van der Waals surface area contributed by atoms with E-state index in [0.29, 0.717) is 12.8 Å². The number of aromatic nitrogens is 1. The van der Waals surface area contributed by atoms with Crippen LogP contribution in [0.4, 0.5) is 8.78 Å². The number of hydrogen-bond donors (Lipinski definition) is 2. The van der Waals surface area contributed by atoms with Gasteiger partial charge in [0.2, 0.25) is 11.8 Å². The summed E-state index contributed by atoms with van der Waals surface area (Å²) in [7, 11) is 0. The van der Waals surface area contributed by atoms with E-state index in [1.807, 2.05) is 4.90 Å². The number of halogens is 2. The molecule has 2 N–H and O–H groups in total. The van der Waals surface area contributed by atoms with Crippen LogP contribution < -0.4 is 10.1 Å². The number of pyridine rings is 1. The summed E-state index contributed by atoms with van der Waals surface area (Å²) in [6.45, 7) is 0. The predicted molar refractivity (Wildman–Crippen MR) is 127 cm³/mol. The van der Waals surface area contributed by atoms with Crippen molar-refractivity contribution >= 4 is 11.8 Å². The normalized spacial score (nSPS) is 20.7. The minimum Gasteiger partial charge on any atom is -0.508 e. The van der Waals surface area contributed by atoms with Gasteiger partial charge in [-0.05, 0) is 73.7 Å². The third kappa shape index (κ3) is 5.15. The predicted octanol–water partition coefficient (Wildman–Crippen LogP) is 4.35. The molecule has 3 heterocycles. The van der Waals surface area contributed by atoms with Gasteiger partial charge in [-0.15, -0.1) is 0 Å². The summed E-state index contributed by atoms with van der Waals surface area (Å²) in [6, 6.07) is 12.7. The molecule has 36 heavy (non-hydrogen) atoms. The Kier molecular flexibility index (Phi) is 6.54. The molecule has 0 aliphatic carbocycles. The average Bonchev–Trinajstić information content (AvgIpc) is 3.13. The Hall–Kier alpha value is -4.01. The molecular weight excluding hydrogens is 468 g/mol. The maximum atomic E-state index is 13.9. The molecule has 0 saturated carbocycles. The number of amides is 2. The van der Waals surface area contributed by atoms with E-state index in [-0.39, 0.29) is 53.4 Å². The zero-order valence-corrected chi connectivity index (χ0v) is 19.4. The van der Waals surface area contributed by atoms with E-state index in [4.69, 9.17) is 4.74 Å². The van der Waals surface area contributed by atoms with Gasteiger partial charge in [0.1, 0.15) is 28.7 Å². The number of rotatable bonds is 6. The molecule has 2 unspecified atom stereocenters. The number of piperidine rings is 1. The lowest BCUT2D eigenvalue weighted by molar-refractivity contribution is -0.135. The molecule has 3 atom stereocenters. The van der Waals surface area contributed by atoms with Crippen molar-refractivity contribution < 1.29 is 28.2 Å². The van der Waals surface area contributed by atoms with Gasteiger partial charge in [-0.25, -0.2) is 13.8 Å². The summed E-state index contributed by atoms with van der Waals surface area (Å²) >= 11 is 0. The number of nitrogens with zero attached hydrogens (tertiary/aromatic N) is 2. The van der Waals surface area contributed by atoms with E-state index in [0.717, 1.165) is 30.7 Å². The number of fused-ring (bicyclic) bond motifs is 2. The van der Waals surface area contributed by atoms with Crippen LogP contribution >= 0.6 is 0 Å². The Bertz CT molecular complexity index is 1250. The Morgan fingerprint density at radius 1 is 1.00 bits per heavy atom.